The van der Waals surface area contributed by atoms with Gasteiger partial charge in [0, 0.05) is 20.2 Å². The van der Waals surface area contributed by atoms with E-state index in [4.69, 9.17) is 29.3 Å². The standard InChI is InChI=1S/C11H17N3O2S.C2H2O4/c1-14-5-3-4-9(8-14)10-11(13-17-12-10)16-7-6-15-2;3-1(4)2(5)6/h4H,3,5-8H2,1-2H3;(H,3,4)(H,5,6). The average molecular weight is 345 g/mol. The fourth-order valence-corrected chi connectivity index (χ4v) is 2.29. The lowest BCUT2D eigenvalue weighted by molar-refractivity contribution is -0.159. The van der Waals surface area contributed by atoms with Crippen molar-refractivity contribution in [3.05, 3.63) is 11.8 Å². The summed E-state index contributed by atoms with van der Waals surface area (Å²) in [5.74, 6) is -3.02. The van der Waals surface area contributed by atoms with Gasteiger partial charge in [0.05, 0.1) is 18.3 Å². The van der Waals surface area contributed by atoms with Gasteiger partial charge in [-0.2, -0.15) is 4.37 Å². The molecule has 0 fully saturated rings. The molecule has 10 heteroatoms. The molecule has 9 nitrogen and oxygen atoms in total. The summed E-state index contributed by atoms with van der Waals surface area (Å²) in [5, 5.41) is 14.8. The van der Waals surface area contributed by atoms with E-state index in [0.717, 1.165) is 25.2 Å². The highest BCUT2D eigenvalue weighted by Gasteiger charge is 2.18. The van der Waals surface area contributed by atoms with Crippen molar-refractivity contribution in [2.24, 2.45) is 0 Å². The van der Waals surface area contributed by atoms with E-state index in [1.807, 2.05) is 0 Å². The lowest BCUT2D eigenvalue weighted by Crippen LogP contribution is -2.25. The van der Waals surface area contributed by atoms with Crippen LogP contribution in [0.2, 0.25) is 0 Å². The van der Waals surface area contributed by atoms with E-state index < -0.39 is 11.9 Å². The minimum atomic E-state index is -1.82. The number of carboxylic acids is 2. The summed E-state index contributed by atoms with van der Waals surface area (Å²) < 4.78 is 19.0. The van der Waals surface area contributed by atoms with Crippen LogP contribution in [0.1, 0.15) is 12.1 Å². The molecule has 0 radical (unpaired) electrons. The predicted molar refractivity (Wildman–Crippen MR) is 82.6 cm³/mol. The lowest BCUT2D eigenvalue weighted by atomic mass is 10.1. The van der Waals surface area contributed by atoms with E-state index in [0.29, 0.717) is 19.1 Å². The fourth-order valence-electron chi connectivity index (χ4n) is 1.76. The topological polar surface area (TPSA) is 122 Å². The van der Waals surface area contributed by atoms with Crippen LogP contribution in [0.15, 0.2) is 6.08 Å². The molecular formula is C13H19N3O6S. The van der Waals surface area contributed by atoms with E-state index in [1.165, 1.54) is 17.3 Å². The van der Waals surface area contributed by atoms with Crippen molar-refractivity contribution in [3.63, 3.8) is 0 Å². The summed E-state index contributed by atoms with van der Waals surface area (Å²) in [5.41, 5.74) is 2.09. The molecular weight excluding hydrogens is 326 g/mol. The van der Waals surface area contributed by atoms with Crippen LogP contribution in [-0.2, 0) is 14.3 Å². The summed E-state index contributed by atoms with van der Waals surface area (Å²) in [6.07, 6.45) is 3.28. The van der Waals surface area contributed by atoms with Gasteiger partial charge in [0.2, 0.25) is 0 Å². The zero-order chi connectivity index (χ0) is 17.2. The van der Waals surface area contributed by atoms with E-state index >= 15 is 0 Å². The number of rotatable bonds is 5. The minimum absolute atomic E-state index is 0.512. The van der Waals surface area contributed by atoms with Crippen LogP contribution in [0.25, 0.3) is 5.57 Å². The molecule has 0 atom stereocenters. The first kappa shape index (κ1) is 19.0. The van der Waals surface area contributed by atoms with Crippen LogP contribution in [0.5, 0.6) is 5.88 Å². The lowest BCUT2D eigenvalue weighted by Gasteiger charge is -2.22. The first-order valence-electron chi connectivity index (χ1n) is 6.74. The first-order valence-corrected chi connectivity index (χ1v) is 7.47. The van der Waals surface area contributed by atoms with Gasteiger partial charge in [-0.15, -0.1) is 4.37 Å². The number of carboxylic acid groups (broad SMARTS) is 2. The van der Waals surface area contributed by atoms with Crippen molar-refractivity contribution >= 4 is 29.2 Å². The van der Waals surface area contributed by atoms with Crippen molar-refractivity contribution in [1.82, 2.24) is 13.6 Å². The number of methoxy groups -OCH3 is 1. The van der Waals surface area contributed by atoms with E-state index in [1.54, 1.807) is 7.11 Å². The van der Waals surface area contributed by atoms with Gasteiger partial charge in [-0.25, -0.2) is 9.59 Å². The number of hydrogen-bond donors (Lipinski definition) is 2. The van der Waals surface area contributed by atoms with Crippen LogP contribution in [0.4, 0.5) is 0 Å². The Balaban J connectivity index is 0.000000379. The van der Waals surface area contributed by atoms with Crippen LogP contribution in [-0.4, -0.2) is 76.3 Å². The third kappa shape index (κ3) is 6.72. The number of aliphatic carboxylic acids is 2. The molecule has 0 saturated carbocycles. The molecule has 0 aliphatic carbocycles. The molecule has 0 bridgehead atoms. The highest BCUT2D eigenvalue weighted by Crippen LogP contribution is 2.26. The van der Waals surface area contributed by atoms with Gasteiger partial charge in [-0.1, -0.05) is 6.08 Å². The SMILES string of the molecule is COCCOc1nsnc1C1=CCCN(C)C1.O=C(O)C(=O)O. The second kappa shape index (κ2) is 9.87. The second-order valence-electron chi connectivity index (χ2n) is 4.63. The first-order chi connectivity index (χ1) is 11.0. The van der Waals surface area contributed by atoms with Crippen molar-refractivity contribution in [3.8, 4) is 5.88 Å². The van der Waals surface area contributed by atoms with Gasteiger partial charge < -0.3 is 24.6 Å². The van der Waals surface area contributed by atoms with E-state index in [2.05, 4.69) is 26.8 Å². The molecule has 0 unspecified atom stereocenters. The number of nitrogens with zero attached hydrogens (tertiary/aromatic N) is 3. The van der Waals surface area contributed by atoms with Crippen molar-refractivity contribution in [2.45, 2.75) is 6.42 Å². The molecule has 0 spiro atoms. The Morgan fingerprint density at radius 1 is 1.30 bits per heavy atom. The normalized spacial score (nSPS) is 14.4. The van der Waals surface area contributed by atoms with Gasteiger partial charge in [0.1, 0.15) is 12.3 Å². The second-order valence-corrected chi connectivity index (χ2v) is 5.15. The summed E-state index contributed by atoms with van der Waals surface area (Å²) in [4.78, 5) is 20.5. The molecule has 0 aromatic carbocycles. The molecule has 2 heterocycles. The van der Waals surface area contributed by atoms with E-state index in [9.17, 15) is 0 Å². The molecule has 128 valence electrons. The van der Waals surface area contributed by atoms with Crippen LogP contribution in [0, 0.1) is 0 Å². The van der Waals surface area contributed by atoms with Crippen LogP contribution >= 0.6 is 11.7 Å². The maximum atomic E-state index is 9.10. The fraction of sp³-hybridized carbons (Fsp3) is 0.538. The van der Waals surface area contributed by atoms with Crippen LogP contribution in [0.3, 0.4) is 0 Å². The Labute approximate surface area is 137 Å². The molecule has 0 amide bonds. The highest BCUT2D eigenvalue weighted by atomic mass is 32.1. The molecule has 0 saturated heterocycles. The number of ether oxygens (including phenoxy) is 2. The maximum absolute atomic E-state index is 9.10. The monoisotopic (exact) mass is 345 g/mol. The molecule has 1 aromatic rings. The molecule has 1 aliphatic rings. The number of carbonyl (C=O) groups is 2. The van der Waals surface area contributed by atoms with Crippen molar-refractivity contribution in [1.29, 1.82) is 0 Å². The highest BCUT2D eigenvalue weighted by molar-refractivity contribution is 6.99. The van der Waals surface area contributed by atoms with Gasteiger partial charge in [-0.3, -0.25) is 0 Å². The summed E-state index contributed by atoms with van der Waals surface area (Å²) >= 11 is 1.19. The summed E-state index contributed by atoms with van der Waals surface area (Å²) in [6, 6.07) is 0. The zero-order valence-electron chi connectivity index (χ0n) is 12.9. The molecule has 2 N–H and O–H groups in total. The third-order valence-corrected chi connectivity index (χ3v) is 3.33. The minimum Gasteiger partial charge on any atom is -0.473 e. The quantitative estimate of drug-likeness (QED) is 0.578. The largest absolute Gasteiger partial charge is 0.473 e. The Bertz CT molecular complexity index is 548. The van der Waals surface area contributed by atoms with Gasteiger partial charge >= 0.3 is 11.9 Å². The summed E-state index contributed by atoms with van der Waals surface area (Å²) in [6.45, 7) is 3.08. The van der Waals surface area contributed by atoms with Gasteiger partial charge in [0.25, 0.3) is 5.88 Å². The number of likely N-dealkylation sites (N-methyl/N-ethyl adjacent to an activating group) is 1. The van der Waals surface area contributed by atoms with Crippen LogP contribution < -0.4 is 4.74 Å². The third-order valence-electron chi connectivity index (χ3n) is 2.81. The Morgan fingerprint density at radius 2 is 2.00 bits per heavy atom. The Hall–Kier alpha value is -2.04. The van der Waals surface area contributed by atoms with Crippen molar-refractivity contribution < 1.29 is 29.3 Å². The molecule has 1 aliphatic heterocycles. The molecule has 2 rings (SSSR count). The zero-order valence-corrected chi connectivity index (χ0v) is 13.7. The Morgan fingerprint density at radius 3 is 2.57 bits per heavy atom. The average Bonchev–Trinajstić information content (AvgIpc) is 2.96. The Kier molecular flexibility index (Phi) is 8.16. The number of hydrogen-bond acceptors (Lipinski definition) is 8. The molecule has 23 heavy (non-hydrogen) atoms. The maximum Gasteiger partial charge on any atom is 0.414 e. The number of aromatic nitrogens is 2. The smallest absolute Gasteiger partial charge is 0.414 e. The van der Waals surface area contributed by atoms with Crippen molar-refractivity contribution in [2.75, 3.05) is 40.5 Å². The summed E-state index contributed by atoms with van der Waals surface area (Å²) in [7, 11) is 3.76. The molecule has 1 aromatic heterocycles. The van der Waals surface area contributed by atoms with Gasteiger partial charge in [0.15, 0.2) is 0 Å². The predicted octanol–water partition coefficient (Wildman–Crippen LogP) is 0.438. The van der Waals surface area contributed by atoms with E-state index in [-0.39, 0.29) is 0 Å². The van der Waals surface area contributed by atoms with Gasteiger partial charge in [-0.05, 0) is 19.0 Å².